The number of anilines is 1. The molecular formula is C18H25N3O4. The third kappa shape index (κ3) is 4.58. The van der Waals surface area contributed by atoms with Crippen molar-refractivity contribution in [2.75, 3.05) is 11.6 Å². The fraction of sp³-hybridized carbons (Fsp3) is 0.444. The number of hydrogen-bond acceptors (Lipinski definition) is 6. The standard InChI is InChI=1S/C18H25N3O4/c1-2-12(8-10-22)3-6-17(18(24)25)21(19)16-7-9-20-15-11-13(23)4-5-14(15)16/h4-5,7,9,11-12,17,22-23H,2-3,6,8,10,19H2,1H3,(H,24,25). The van der Waals surface area contributed by atoms with Crippen molar-refractivity contribution in [2.45, 2.75) is 38.6 Å². The molecule has 0 radical (unpaired) electrons. The van der Waals surface area contributed by atoms with Crippen molar-refractivity contribution in [1.29, 1.82) is 0 Å². The SMILES string of the molecule is CCC(CCO)CCC(C(=O)O)N(N)c1ccnc2cc(O)ccc12. The number of aliphatic hydroxyl groups excluding tert-OH is 1. The number of hydrazine groups is 1. The molecule has 2 rings (SSSR count). The Balaban J connectivity index is 2.25. The lowest BCUT2D eigenvalue weighted by Gasteiger charge is -2.28. The zero-order valence-corrected chi connectivity index (χ0v) is 14.3. The lowest BCUT2D eigenvalue weighted by molar-refractivity contribution is -0.138. The molecule has 0 amide bonds. The number of aliphatic hydroxyl groups is 1. The van der Waals surface area contributed by atoms with Gasteiger partial charge >= 0.3 is 5.97 Å². The Bertz CT molecular complexity index is 723. The van der Waals surface area contributed by atoms with Crippen molar-refractivity contribution in [1.82, 2.24) is 4.98 Å². The Morgan fingerprint density at radius 2 is 2.04 bits per heavy atom. The van der Waals surface area contributed by atoms with Gasteiger partial charge in [0.05, 0.1) is 11.2 Å². The van der Waals surface area contributed by atoms with E-state index in [4.69, 9.17) is 10.9 Å². The number of fused-ring (bicyclic) bond motifs is 1. The van der Waals surface area contributed by atoms with Crippen LogP contribution in [0.15, 0.2) is 30.5 Å². The van der Waals surface area contributed by atoms with E-state index >= 15 is 0 Å². The third-order valence-corrected chi connectivity index (χ3v) is 4.57. The number of carbonyl (C=O) groups is 1. The normalized spacial score (nSPS) is 13.6. The molecule has 5 N–H and O–H groups in total. The van der Waals surface area contributed by atoms with Crippen LogP contribution in [0.4, 0.5) is 5.69 Å². The zero-order valence-electron chi connectivity index (χ0n) is 14.3. The number of nitrogens with two attached hydrogens (primary N) is 1. The lowest BCUT2D eigenvalue weighted by atomic mass is 9.94. The number of carboxylic acids is 1. The van der Waals surface area contributed by atoms with E-state index in [0.717, 1.165) is 6.42 Å². The van der Waals surface area contributed by atoms with E-state index in [0.29, 0.717) is 35.9 Å². The maximum Gasteiger partial charge on any atom is 0.327 e. The number of phenols is 1. The summed E-state index contributed by atoms with van der Waals surface area (Å²) in [5.41, 5.74) is 1.09. The van der Waals surface area contributed by atoms with Crippen molar-refractivity contribution in [3.63, 3.8) is 0 Å². The van der Waals surface area contributed by atoms with Gasteiger partial charge in [-0.15, -0.1) is 0 Å². The van der Waals surface area contributed by atoms with E-state index in [-0.39, 0.29) is 18.3 Å². The number of nitrogens with zero attached hydrogens (tertiary/aromatic N) is 2. The van der Waals surface area contributed by atoms with Crippen LogP contribution in [0.5, 0.6) is 5.75 Å². The van der Waals surface area contributed by atoms with Gasteiger partial charge in [0.25, 0.3) is 0 Å². The number of benzene rings is 1. The largest absolute Gasteiger partial charge is 0.508 e. The first kappa shape index (κ1) is 19.0. The highest BCUT2D eigenvalue weighted by Crippen LogP contribution is 2.29. The quantitative estimate of drug-likeness (QED) is 0.405. The van der Waals surface area contributed by atoms with Crippen LogP contribution in [0.1, 0.15) is 32.6 Å². The number of aliphatic carboxylic acids is 1. The molecule has 2 aromatic rings. The van der Waals surface area contributed by atoms with Crippen LogP contribution in [-0.2, 0) is 4.79 Å². The maximum atomic E-state index is 11.7. The Morgan fingerprint density at radius 1 is 1.28 bits per heavy atom. The lowest BCUT2D eigenvalue weighted by Crippen LogP contribution is -2.46. The zero-order chi connectivity index (χ0) is 18.4. The van der Waals surface area contributed by atoms with Gasteiger partial charge in [-0.05, 0) is 43.4 Å². The molecule has 1 aromatic heterocycles. The predicted molar refractivity (Wildman–Crippen MR) is 96.2 cm³/mol. The summed E-state index contributed by atoms with van der Waals surface area (Å²) >= 11 is 0. The molecular weight excluding hydrogens is 322 g/mol. The average molecular weight is 347 g/mol. The van der Waals surface area contributed by atoms with Gasteiger partial charge in [0.15, 0.2) is 0 Å². The van der Waals surface area contributed by atoms with Gasteiger partial charge in [0.2, 0.25) is 0 Å². The molecule has 0 aliphatic heterocycles. The molecule has 1 heterocycles. The second kappa shape index (κ2) is 8.64. The van der Waals surface area contributed by atoms with E-state index < -0.39 is 12.0 Å². The number of pyridine rings is 1. The van der Waals surface area contributed by atoms with Crippen molar-refractivity contribution >= 4 is 22.6 Å². The van der Waals surface area contributed by atoms with Crippen LogP contribution >= 0.6 is 0 Å². The minimum atomic E-state index is -0.995. The Morgan fingerprint density at radius 3 is 2.68 bits per heavy atom. The predicted octanol–water partition coefficient (Wildman–Crippen LogP) is 2.26. The van der Waals surface area contributed by atoms with Crippen molar-refractivity contribution in [3.05, 3.63) is 30.5 Å². The summed E-state index contributed by atoms with van der Waals surface area (Å²) in [6, 6.07) is 5.49. The molecule has 0 saturated heterocycles. The molecule has 0 spiro atoms. The number of aromatic nitrogens is 1. The van der Waals surface area contributed by atoms with Crippen LogP contribution in [0.3, 0.4) is 0 Å². The minimum Gasteiger partial charge on any atom is -0.508 e. The highest BCUT2D eigenvalue weighted by molar-refractivity contribution is 5.93. The highest BCUT2D eigenvalue weighted by atomic mass is 16.4. The van der Waals surface area contributed by atoms with Crippen molar-refractivity contribution in [2.24, 2.45) is 11.8 Å². The summed E-state index contributed by atoms with van der Waals surface area (Å²) in [5, 5.41) is 30.2. The molecule has 0 saturated carbocycles. The van der Waals surface area contributed by atoms with Gasteiger partial charge in [-0.3, -0.25) is 9.99 Å². The van der Waals surface area contributed by atoms with Gasteiger partial charge in [-0.2, -0.15) is 0 Å². The number of aromatic hydroxyl groups is 1. The summed E-state index contributed by atoms with van der Waals surface area (Å²) in [6.45, 7) is 2.13. The monoisotopic (exact) mass is 347 g/mol. The molecule has 2 atom stereocenters. The molecule has 0 aliphatic rings. The molecule has 1 aromatic carbocycles. The summed E-state index contributed by atoms with van der Waals surface area (Å²) in [5.74, 6) is 5.52. The molecule has 136 valence electrons. The van der Waals surface area contributed by atoms with Gasteiger partial charge in [-0.1, -0.05) is 13.3 Å². The van der Waals surface area contributed by atoms with E-state index in [2.05, 4.69) is 4.98 Å². The Kier molecular flexibility index (Phi) is 6.55. The van der Waals surface area contributed by atoms with Crippen LogP contribution in [0, 0.1) is 5.92 Å². The van der Waals surface area contributed by atoms with Crippen molar-refractivity contribution < 1.29 is 20.1 Å². The van der Waals surface area contributed by atoms with E-state index in [9.17, 15) is 15.0 Å². The fourth-order valence-electron chi connectivity index (χ4n) is 3.02. The van der Waals surface area contributed by atoms with E-state index in [1.54, 1.807) is 12.1 Å². The molecule has 0 fully saturated rings. The van der Waals surface area contributed by atoms with Gasteiger partial charge in [-0.25, -0.2) is 10.6 Å². The molecule has 2 unspecified atom stereocenters. The molecule has 0 bridgehead atoms. The van der Waals surface area contributed by atoms with Crippen LogP contribution in [0.2, 0.25) is 0 Å². The Hall–Kier alpha value is -2.38. The van der Waals surface area contributed by atoms with Gasteiger partial charge < -0.3 is 15.3 Å². The number of carboxylic acid groups (broad SMARTS) is 1. The van der Waals surface area contributed by atoms with E-state index in [1.165, 1.54) is 23.3 Å². The Labute approximate surface area is 146 Å². The van der Waals surface area contributed by atoms with Crippen LogP contribution in [-0.4, -0.2) is 38.9 Å². The van der Waals surface area contributed by atoms with Gasteiger partial charge in [0.1, 0.15) is 11.8 Å². The summed E-state index contributed by atoms with van der Waals surface area (Å²) in [6.07, 6.45) is 4.13. The smallest absolute Gasteiger partial charge is 0.327 e. The average Bonchev–Trinajstić information content (AvgIpc) is 2.59. The number of hydrogen-bond donors (Lipinski definition) is 4. The second-order valence-electron chi connectivity index (χ2n) is 6.16. The highest BCUT2D eigenvalue weighted by Gasteiger charge is 2.26. The first-order valence-electron chi connectivity index (χ1n) is 8.43. The van der Waals surface area contributed by atoms with Gasteiger partial charge in [0, 0.05) is 24.3 Å². The van der Waals surface area contributed by atoms with Crippen LogP contribution in [0.25, 0.3) is 10.9 Å². The summed E-state index contributed by atoms with van der Waals surface area (Å²) < 4.78 is 0. The second-order valence-corrected chi connectivity index (χ2v) is 6.16. The summed E-state index contributed by atoms with van der Waals surface area (Å²) in [4.78, 5) is 15.9. The summed E-state index contributed by atoms with van der Waals surface area (Å²) in [7, 11) is 0. The number of rotatable bonds is 9. The van der Waals surface area contributed by atoms with E-state index in [1.807, 2.05) is 6.92 Å². The molecule has 0 aliphatic carbocycles. The first-order chi connectivity index (χ1) is 12.0. The molecule has 7 nitrogen and oxygen atoms in total. The number of phenolic OH excluding ortho intramolecular Hbond substituents is 1. The third-order valence-electron chi connectivity index (χ3n) is 4.57. The van der Waals surface area contributed by atoms with Crippen LogP contribution < -0.4 is 10.9 Å². The van der Waals surface area contributed by atoms with Crippen molar-refractivity contribution in [3.8, 4) is 5.75 Å². The molecule has 7 heteroatoms. The maximum absolute atomic E-state index is 11.7. The first-order valence-corrected chi connectivity index (χ1v) is 8.43. The minimum absolute atomic E-state index is 0.0882. The topological polar surface area (TPSA) is 120 Å². The fourth-order valence-corrected chi connectivity index (χ4v) is 3.02. The molecule has 25 heavy (non-hydrogen) atoms.